The van der Waals surface area contributed by atoms with Crippen LogP contribution < -0.4 is 5.56 Å². The summed E-state index contributed by atoms with van der Waals surface area (Å²) in [6.45, 7) is 7.07. The third-order valence-electron chi connectivity index (χ3n) is 4.30. The van der Waals surface area contributed by atoms with Crippen molar-refractivity contribution in [2.24, 2.45) is 0 Å². The van der Waals surface area contributed by atoms with Crippen LogP contribution in [0.4, 0.5) is 4.79 Å². The van der Waals surface area contributed by atoms with Gasteiger partial charge in [-0.2, -0.15) is 5.10 Å². The number of rotatable bonds is 3. The highest BCUT2D eigenvalue weighted by molar-refractivity contribution is 6.35. The van der Waals surface area contributed by atoms with E-state index in [1.54, 1.807) is 52.1 Å². The van der Waals surface area contributed by atoms with Gasteiger partial charge in [0.05, 0.1) is 33.9 Å². The Morgan fingerprint density at radius 1 is 1.37 bits per heavy atom. The van der Waals surface area contributed by atoms with E-state index in [1.807, 2.05) is 0 Å². The summed E-state index contributed by atoms with van der Waals surface area (Å²) in [5.41, 5.74) is -0.218. The Morgan fingerprint density at radius 2 is 2.07 bits per heavy atom. The molecule has 1 atom stereocenters. The molecule has 0 saturated heterocycles. The molecule has 1 unspecified atom stereocenters. The Balaban J connectivity index is 2.37. The number of fused-ring (bicyclic) bond motifs is 1. The smallest absolute Gasteiger partial charge is 0.408 e. The summed E-state index contributed by atoms with van der Waals surface area (Å²) < 4.78 is 1.35. The molecule has 9 heteroatoms. The van der Waals surface area contributed by atoms with Crippen LogP contribution in [0.1, 0.15) is 39.6 Å². The van der Waals surface area contributed by atoms with Crippen molar-refractivity contribution in [3.8, 4) is 5.69 Å². The second-order valence-electron chi connectivity index (χ2n) is 7.20. The van der Waals surface area contributed by atoms with Crippen molar-refractivity contribution in [1.29, 1.82) is 0 Å². The largest absolute Gasteiger partial charge is 0.465 e. The highest BCUT2D eigenvalue weighted by Gasteiger charge is 2.34. The fourth-order valence-corrected chi connectivity index (χ4v) is 3.50. The number of halogens is 1. The zero-order valence-electron chi connectivity index (χ0n) is 15.4. The standard InChI is InChI=1S/C18H20ClN5O3/c1-10(24(17(26)27)18(2,3)4)15-22-13-7-5-6-12(19)14(13)16(25)23(15)11-8-20-21-9-11/h5-10H,1-4H3,(H,20,21)(H,26,27). The van der Waals surface area contributed by atoms with Crippen LogP contribution >= 0.6 is 11.6 Å². The van der Waals surface area contributed by atoms with Gasteiger partial charge in [0.15, 0.2) is 0 Å². The molecule has 0 radical (unpaired) electrons. The molecule has 2 N–H and O–H groups in total. The average molecular weight is 390 g/mol. The van der Waals surface area contributed by atoms with Crippen molar-refractivity contribution >= 4 is 28.6 Å². The molecule has 142 valence electrons. The Hall–Kier alpha value is -2.87. The number of hydrogen-bond acceptors (Lipinski definition) is 4. The van der Waals surface area contributed by atoms with E-state index >= 15 is 0 Å². The molecule has 2 heterocycles. The van der Waals surface area contributed by atoms with Gasteiger partial charge in [0.25, 0.3) is 5.56 Å². The maximum Gasteiger partial charge on any atom is 0.408 e. The van der Waals surface area contributed by atoms with Crippen LogP contribution in [0.25, 0.3) is 16.6 Å². The summed E-state index contributed by atoms with van der Waals surface area (Å²) in [6.07, 6.45) is 1.92. The molecule has 2 aromatic heterocycles. The van der Waals surface area contributed by atoms with Gasteiger partial charge in [0, 0.05) is 11.7 Å². The van der Waals surface area contributed by atoms with Gasteiger partial charge in [0.1, 0.15) is 5.82 Å². The lowest BCUT2D eigenvalue weighted by atomic mass is 10.0. The molecule has 1 aromatic carbocycles. The highest BCUT2D eigenvalue weighted by Crippen LogP contribution is 2.29. The lowest BCUT2D eigenvalue weighted by molar-refractivity contribution is 0.0719. The van der Waals surface area contributed by atoms with Gasteiger partial charge in [-0.05, 0) is 39.8 Å². The fraction of sp³-hybridized carbons (Fsp3) is 0.333. The van der Waals surface area contributed by atoms with Crippen LogP contribution in [0, 0.1) is 0 Å². The number of aromatic amines is 1. The molecule has 0 aliphatic heterocycles. The normalized spacial score (nSPS) is 12.9. The van der Waals surface area contributed by atoms with Crippen LogP contribution in [-0.4, -0.2) is 41.4 Å². The van der Waals surface area contributed by atoms with E-state index in [0.29, 0.717) is 11.2 Å². The third kappa shape index (κ3) is 3.28. The van der Waals surface area contributed by atoms with Crippen molar-refractivity contribution in [2.75, 3.05) is 0 Å². The first kappa shape index (κ1) is 18.9. The lowest BCUT2D eigenvalue weighted by Gasteiger charge is -2.38. The minimum atomic E-state index is -1.10. The average Bonchev–Trinajstić information content (AvgIpc) is 3.06. The second kappa shape index (κ2) is 6.70. The molecule has 8 nitrogen and oxygen atoms in total. The summed E-state index contributed by atoms with van der Waals surface area (Å²) in [5, 5.41) is 16.9. The monoisotopic (exact) mass is 389 g/mol. The van der Waals surface area contributed by atoms with E-state index in [4.69, 9.17) is 11.6 Å². The van der Waals surface area contributed by atoms with Crippen LogP contribution in [0.15, 0.2) is 35.4 Å². The van der Waals surface area contributed by atoms with Gasteiger partial charge in [-0.3, -0.25) is 19.4 Å². The number of hydrogen-bond donors (Lipinski definition) is 2. The molecular formula is C18H20ClN5O3. The van der Waals surface area contributed by atoms with Crippen molar-refractivity contribution in [3.63, 3.8) is 0 Å². The molecule has 27 heavy (non-hydrogen) atoms. The van der Waals surface area contributed by atoms with Gasteiger partial charge >= 0.3 is 6.09 Å². The minimum Gasteiger partial charge on any atom is -0.465 e. The molecule has 3 rings (SSSR count). The number of nitrogens with zero attached hydrogens (tertiary/aromatic N) is 4. The van der Waals surface area contributed by atoms with Gasteiger partial charge in [0.2, 0.25) is 0 Å². The van der Waals surface area contributed by atoms with E-state index in [0.717, 1.165) is 0 Å². The van der Waals surface area contributed by atoms with Crippen LogP contribution in [0.3, 0.4) is 0 Å². The molecule has 0 fully saturated rings. The zero-order chi connectivity index (χ0) is 19.9. The highest BCUT2D eigenvalue weighted by atomic mass is 35.5. The number of amides is 1. The van der Waals surface area contributed by atoms with E-state index in [2.05, 4.69) is 15.2 Å². The third-order valence-corrected chi connectivity index (χ3v) is 4.62. The number of H-pyrrole nitrogens is 1. The first-order valence-corrected chi connectivity index (χ1v) is 8.73. The summed E-state index contributed by atoms with van der Waals surface area (Å²) in [7, 11) is 0. The Labute approximate surface area is 160 Å². The van der Waals surface area contributed by atoms with Crippen molar-refractivity contribution in [2.45, 2.75) is 39.3 Å². The van der Waals surface area contributed by atoms with E-state index < -0.39 is 17.7 Å². The van der Waals surface area contributed by atoms with Crippen LogP contribution in [0.5, 0.6) is 0 Å². The summed E-state index contributed by atoms with van der Waals surface area (Å²) in [5.74, 6) is 0.286. The first-order valence-electron chi connectivity index (χ1n) is 8.35. The minimum absolute atomic E-state index is 0.272. The van der Waals surface area contributed by atoms with Gasteiger partial charge < -0.3 is 5.11 Å². The maximum absolute atomic E-state index is 13.2. The van der Waals surface area contributed by atoms with Crippen LogP contribution in [0.2, 0.25) is 5.02 Å². The van der Waals surface area contributed by atoms with Gasteiger partial charge in [-0.25, -0.2) is 9.78 Å². The number of benzene rings is 1. The fourth-order valence-electron chi connectivity index (χ4n) is 3.25. The Bertz CT molecular complexity index is 1050. The molecule has 0 spiro atoms. The quantitative estimate of drug-likeness (QED) is 0.712. The molecule has 0 aliphatic rings. The predicted octanol–water partition coefficient (Wildman–Crippen LogP) is 3.60. The number of aromatic nitrogens is 4. The Morgan fingerprint density at radius 3 is 2.63 bits per heavy atom. The number of carboxylic acid groups (broad SMARTS) is 1. The molecule has 0 saturated carbocycles. The maximum atomic E-state index is 13.2. The van der Waals surface area contributed by atoms with Crippen molar-refractivity contribution < 1.29 is 9.90 Å². The zero-order valence-corrected chi connectivity index (χ0v) is 16.2. The summed E-state index contributed by atoms with van der Waals surface area (Å²) >= 11 is 6.23. The van der Waals surface area contributed by atoms with E-state index in [-0.39, 0.29) is 21.8 Å². The predicted molar refractivity (Wildman–Crippen MR) is 103 cm³/mol. The second-order valence-corrected chi connectivity index (χ2v) is 7.61. The van der Waals surface area contributed by atoms with Crippen LogP contribution in [-0.2, 0) is 0 Å². The first-order chi connectivity index (χ1) is 12.6. The molecule has 3 aromatic rings. The summed E-state index contributed by atoms with van der Waals surface area (Å²) in [4.78, 5) is 31.0. The van der Waals surface area contributed by atoms with Crippen molar-refractivity contribution in [1.82, 2.24) is 24.6 Å². The number of carbonyl (C=O) groups is 1. The van der Waals surface area contributed by atoms with E-state index in [1.165, 1.54) is 15.7 Å². The van der Waals surface area contributed by atoms with Crippen molar-refractivity contribution in [3.05, 3.63) is 51.8 Å². The molecule has 0 aliphatic carbocycles. The van der Waals surface area contributed by atoms with Gasteiger partial charge in [-0.1, -0.05) is 17.7 Å². The Kier molecular flexibility index (Phi) is 4.69. The van der Waals surface area contributed by atoms with E-state index in [9.17, 15) is 14.7 Å². The lowest BCUT2D eigenvalue weighted by Crippen LogP contribution is -2.47. The van der Waals surface area contributed by atoms with Gasteiger partial charge in [-0.15, -0.1) is 0 Å². The molecule has 0 bridgehead atoms. The summed E-state index contributed by atoms with van der Waals surface area (Å²) in [6, 6.07) is 4.30. The molecular weight excluding hydrogens is 370 g/mol. The topological polar surface area (TPSA) is 104 Å². The SMILES string of the molecule is CC(c1nc2cccc(Cl)c2c(=O)n1-c1cn[nH]c1)N(C(=O)O)C(C)(C)C. The number of nitrogens with one attached hydrogen (secondary N) is 1. The molecule has 1 amide bonds.